The molecule has 0 bridgehead atoms. The molecule has 1 aromatic heterocycles. The molecule has 1 fully saturated rings. The Hall–Kier alpha value is -1.48. The van der Waals surface area contributed by atoms with E-state index in [1.807, 2.05) is 12.3 Å². The van der Waals surface area contributed by atoms with E-state index in [0.29, 0.717) is 0 Å². The number of fused-ring (bicyclic) bond motifs is 1. The van der Waals surface area contributed by atoms with E-state index in [-0.39, 0.29) is 0 Å². The molecule has 0 amide bonds. The molecule has 1 N–H and O–H groups in total. The fourth-order valence-electron chi connectivity index (χ4n) is 2.90. The van der Waals surface area contributed by atoms with Crippen molar-refractivity contribution >= 4 is 10.9 Å². The predicted octanol–water partition coefficient (Wildman–Crippen LogP) is 3.42. The number of aromatic amines is 1. The van der Waals surface area contributed by atoms with Gasteiger partial charge in [-0.1, -0.05) is 0 Å². The first-order chi connectivity index (χ1) is 9.33. The summed E-state index contributed by atoms with van der Waals surface area (Å²) >= 11 is 0. The van der Waals surface area contributed by atoms with Crippen LogP contribution in [0.5, 0.6) is 5.75 Å². The van der Waals surface area contributed by atoms with Gasteiger partial charge in [-0.25, -0.2) is 0 Å². The number of likely N-dealkylation sites (tertiary alicyclic amines) is 1. The minimum atomic E-state index is 0.760. The third-order valence-corrected chi connectivity index (χ3v) is 4.07. The van der Waals surface area contributed by atoms with Crippen molar-refractivity contribution in [3.8, 4) is 5.75 Å². The maximum atomic E-state index is 5.84. The summed E-state index contributed by atoms with van der Waals surface area (Å²) in [7, 11) is 0. The molecular formula is C16H22N2O. The summed E-state index contributed by atoms with van der Waals surface area (Å²) in [6.07, 6.45) is 5.77. The topological polar surface area (TPSA) is 28.3 Å². The molecule has 2 aromatic rings. The summed E-state index contributed by atoms with van der Waals surface area (Å²) in [5.41, 5.74) is 1.17. The Labute approximate surface area is 114 Å². The summed E-state index contributed by atoms with van der Waals surface area (Å²) in [5.74, 6) is 0.974. The van der Waals surface area contributed by atoms with Gasteiger partial charge in [0.2, 0.25) is 0 Å². The Morgan fingerprint density at radius 2 is 2.32 bits per heavy atom. The second-order valence-corrected chi connectivity index (χ2v) is 5.46. The van der Waals surface area contributed by atoms with Gasteiger partial charge in [-0.2, -0.15) is 0 Å². The average molecular weight is 258 g/mol. The van der Waals surface area contributed by atoms with Gasteiger partial charge in [-0.15, -0.1) is 0 Å². The van der Waals surface area contributed by atoms with Gasteiger partial charge in [0.15, 0.2) is 0 Å². The molecule has 1 aliphatic rings. The van der Waals surface area contributed by atoms with Crippen LogP contribution in [0.4, 0.5) is 0 Å². The van der Waals surface area contributed by atoms with Gasteiger partial charge in [-0.3, -0.25) is 0 Å². The SMILES string of the molecule is CC1CCCN1CCCOc1ccc2[nH]ccc2c1. The summed E-state index contributed by atoms with van der Waals surface area (Å²) in [4.78, 5) is 5.76. The molecule has 2 heterocycles. The van der Waals surface area contributed by atoms with E-state index in [2.05, 4.69) is 35.0 Å². The summed E-state index contributed by atoms with van der Waals surface area (Å²) < 4.78 is 5.84. The molecule has 0 aliphatic carbocycles. The molecule has 0 spiro atoms. The van der Waals surface area contributed by atoms with E-state index in [0.717, 1.165) is 31.4 Å². The van der Waals surface area contributed by atoms with Crippen LogP contribution in [0.2, 0.25) is 0 Å². The number of H-pyrrole nitrogens is 1. The quantitative estimate of drug-likeness (QED) is 0.832. The lowest BCUT2D eigenvalue weighted by molar-refractivity contribution is 0.230. The van der Waals surface area contributed by atoms with Crippen LogP contribution in [0, 0.1) is 0 Å². The number of hydrogen-bond donors (Lipinski definition) is 1. The monoisotopic (exact) mass is 258 g/mol. The van der Waals surface area contributed by atoms with Gasteiger partial charge >= 0.3 is 0 Å². The van der Waals surface area contributed by atoms with E-state index < -0.39 is 0 Å². The van der Waals surface area contributed by atoms with Crippen LogP contribution in [0.25, 0.3) is 10.9 Å². The maximum Gasteiger partial charge on any atom is 0.120 e. The molecule has 0 radical (unpaired) electrons. The Kier molecular flexibility index (Phi) is 3.74. The van der Waals surface area contributed by atoms with Crippen LogP contribution >= 0.6 is 0 Å². The van der Waals surface area contributed by atoms with Crippen LogP contribution < -0.4 is 4.74 Å². The molecule has 3 heteroatoms. The van der Waals surface area contributed by atoms with Crippen LogP contribution in [-0.4, -0.2) is 35.6 Å². The van der Waals surface area contributed by atoms with E-state index in [1.54, 1.807) is 0 Å². The lowest BCUT2D eigenvalue weighted by Crippen LogP contribution is -2.28. The zero-order valence-electron chi connectivity index (χ0n) is 11.6. The highest BCUT2D eigenvalue weighted by molar-refractivity contribution is 5.80. The maximum absolute atomic E-state index is 5.84. The molecule has 3 rings (SSSR count). The van der Waals surface area contributed by atoms with Crippen molar-refractivity contribution in [1.29, 1.82) is 0 Å². The Bertz CT molecular complexity index is 534. The highest BCUT2D eigenvalue weighted by Gasteiger charge is 2.18. The predicted molar refractivity (Wildman–Crippen MR) is 78.7 cm³/mol. The second-order valence-electron chi connectivity index (χ2n) is 5.46. The molecule has 1 aliphatic heterocycles. The lowest BCUT2D eigenvalue weighted by atomic mass is 10.2. The first-order valence-electron chi connectivity index (χ1n) is 7.27. The van der Waals surface area contributed by atoms with E-state index in [1.165, 1.54) is 30.3 Å². The Balaban J connectivity index is 1.46. The third kappa shape index (κ3) is 2.92. The summed E-state index contributed by atoms with van der Waals surface area (Å²) in [6.45, 7) is 5.55. The normalized spacial score (nSPS) is 20.2. The molecule has 3 nitrogen and oxygen atoms in total. The van der Waals surface area contributed by atoms with Crippen molar-refractivity contribution in [2.75, 3.05) is 19.7 Å². The van der Waals surface area contributed by atoms with Crippen LogP contribution in [0.1, 0.15) is 26.2 Å². The first-order valence-corrected chi connectivity index (χ1v) is 7.27. The molecule has 0 saturated carbocycles. The van der Waals surface area contributed by atoms with Gasteiger partial charge in [0.25, 0.3) is 0 Å². The van der Waals surface area contributed by atoms with Gasteiger partial charge < -0.3 is 14.6 Å². The Morgan fingerprint density at radius 3 is 3.16 bits per heavy atom. The molecule has 1 atom stereocenters. The zero-order valence-corrected chi connectivity index (χ0v) is 11.6. The molecule has 1 aromatic carbocycles. The smallest absolute Gasteiger partial charge is 0.120 e. The highest BCUT2D eigenvalue weighted by atomic mass is 16.5. The standard InChI is InChI=1S/C16H22N2O/c1-13-4-2-9-18(13)10-3-11-19-15-5-6-16-14(12-15)7-8-17-16/h5-8,12-13,17H,2-4,9-11H2,1H3. The molecular weight excluding hydrogens is 236 g/mol. The number of hydrogen-bond acceptors (Lipinski definition) is 2. The number of aromatic nitrogens is 1. The summed E-state index contributed by atoms with van der Waals surface area (Å²) in [5, 5.41) is 1.21. The van der Waals surface area contributed by atoms with Crippen molar-refractivity contribution in [3.05, 3.63) is 30.5 Å². The summed E-state index contributed by atoms with van der Waals surface area (Å²) in [6, 6.07) is 9.05. The Morgan fingerprint density at radius 1 is 1.37 bits per heavy atom. The third-order valence-electron chi connectivity index (χ3n) is 4.07. The van der Waals surface area contributed by atoms with Crippen LogP contribution in [0.3, 0.4) is 0 Å². The zero-order chi connectivity index (χ0) is 13.1. The number of ether oxygens (including phenoxy) is 1. The van der Waals surface area contributed by atoms with E-state index in [9.17, 15) is 0 Å². The number of nitrogens with one attached hydrogen (secondary N) is 1. The first kappa shape index (κ1) is 12.5. The largest absolute Gasteiger partial charge is 0.494 e. The van der Waals surface area contributed by atoms with Crippen molar-refractivity contribution in [3.63, 3.8) is 0 Å². The molecule has 19 heavy (non-hydrogen) atoms. The number of benzene rings is 1. The lowest BCUT2D eigenvalue weighted by Gasteiger charge is -2.20. The second kappa shape index (κ2) is 5.66. The van der Waals surface area contributed by atoms with Gasteiger partial charge in [0.1, 0.15) is 5.75 Å². The van der Waals surface area contributed by atoms with E-state index >= 15 is 0 Å². The average Bonchev–Trinajstić information content (AvgIpc) is 3.03. The number of nitrogens with zero attached hydrogens (tertiary/aromatic N) is 1. The molecule has 102 valence electrons. The van der Waals surface area contributed by atoms with Crippen LogP contribution in [-0.2, 0) is 0 Å². The van der Waals surface area contributed by atoms with Crippen LogP contribution in [0.15, 0.2) is 30.5 Å². The van der Waals surface area contributed by atoms with Gasteiger partial charge in [0, 0.05) is 29.7 Å². The molecule has 1 saturated heterocycles. The fourth-order valence-corrected chi connectivity index (χ4v) is 2.90. The minimum Gasteiger partial charge on any atom is -0.494 e. The molecule has 1 unspecified atom stereocenters. The minimum absolute atomic E-state index is 0.760. The van der Waals surface area contributed by atoms with Crippen molar-refractivity contribution in [2.24, 2.45) is 0 Å². The fraction of sp³-hybridized carbons (Fsp3) is 0.500. The van der Waals surface area contributed by atoms with Gasteiger partial charge in [0.05, 0.1) is 6.61 Å². The van der Waals surface area contributed by atoms with Crippen molar-refractivity contribution in [2.45, 2.75) is 32.2 Å². The van der Waals surface area contributed by atoms with Gasteiger partial charge in [-0.05, 0) is 57.0 Å². The van der Waals surface area contributed by atoms with E-state index in [4.69, 9.17) is 4.74 Å². The highest BCUT2D eigenvalue weighted by Crippen LogP contribution is 2.20. The van der Waals surface area contributed by atoms with Crippen molar-refractivity contribution < 1.29 is 4.74 Å². The number of rotatable bonds is 5. The van der Waals surface area contributed by atoms with Crippen molar-refractivity contribution in [1.82, 2.24) is 9.88 Å².